The highest BCUT2D eigenvalue weighted by molar-refractivity contribution is 5.75. The summed E-state index contributed by atoms with van der Waals surface area (Å²) in [5.41, 5.74) is 4.48. The van der Waals surface area contributed by atoms with Crippen LogP contribution < -0.4 is 10.1 Å². The number of imidazole rings is 1. The van der Waals surface area contributed by atoms with Gasteiger partial charge < -0.3 is 14.6 Å². The lowest BCUT2D eigenvalue weighted by Crippen LogP contribution is -2.17. The SMILES string of the molecule is Cc1ccc(C)c(OCCCn2c(CCNC=O)nc3ccccc32)c1. The van der Waals surface area contributed by atoms with E-state index in [0.717, 1.165) is 47.5 Å². The minimum atomic E-state index is 0.589. The molecule has 1 heterocycles. The number of aromatic nitrogens is 2. The quantitative estimate of drug-likeness (QED) is 0.475. The minimum Gasteiger partial charge on any atom is -0.493 e. The van der Waals surface area contributed by atoms with Gasteiger partial charge in [-0.25, -0.2) is 4.98 Å². The summed E-state index contributed by atoms with van der Waals surface area (Å²) in [4.78, 5) is 15.2. The van der Waals surface area contributed by atoms with E-state index < -0.39 is 0 Å². The van der Waals surface area contributed by atoms with E-state index in [2.05, 4.69) is 48.0 Å². The van der Waals surface area contributed by atoms with Crippen LogP contribution in [0.15, 0.2) is 42.5 Å². The Morgan fingerprint density at radius 2 is 2.04 bits per heavy atom. The van der Waals surface area contributed by atoms with Crippen molar-refractivity contribution in [3.63, 3.8) is 0 Å². The van der Waals surface area contributed by atoms with E-state index in [1.54, 1.807) is 0 Å². The maximum absolute atomic E-state index is 10.5. The van der Waals surface area contributed by atoms with Crippen LogP contribution in [0.25, 0.3) is 11.0 Å². The summed E-state index contributed by atoms with van der Waals surface area (Å²) in [7, 11) is 0. The monoisotopic (exact) mass is 351 g/mol. The molecule has 0 bridgehead atoms. The van der Waals surface area contributed by atoms with Crippen LogP contribution in [0.4, 0.5) is 0 Å². The van der Waals surface area contributed by atoms with Gasteiger partial charge in [-0.3, -0.25) is 4.79 Å². The van der Waals surface area contributed by atoms with E-state index in [-0.39, 0.29) is 0 Å². The number of hydrogen-bond donors (Lipinski definition) is 1. The molecule has 0 saturated carbocycles. The zero-order chi connectivity index (χ0) is 18.4. The number of benzene rings is 2. The van der Waals surface area contributed by atoms with Gasteiger partial charge in [-0.05, 0) is 49.6 Å². The van der Waals surface area contributed by atoms with Crippen molar-refractivity contribution in [1.29, 1.82) is 0 Å². The Labute approximate surface area is 154 Å². The smallest absolute Gasteiger partial charge is 0.207 e. The number of rotatable bonds is 9. The van der Waals surface area contributed by atoms with Gasteiger partial charge in [0.2, 0.25) is 6.41 Å². The van der Waals surface area contributed by atoms with Gasteiger partial charge in [0, 0.05) is 19.5 Å². The van der Waals surface area contributed by atoms with Crippen molar-refractivity contribution in [3.8, 4) is 5.75 Å². The summed E-state index contributed by atoms with van der Waals surface area (Å²) in [6, 6.07) is 14.4. The summed E-state index contributed by atoms with van der Waals surface area (Å²) in [5, 5.41) is 2.71. The van der Waals surface area contributed by atoms with Crippen LogP contribution in [0.3, 0.4) is 0 Å². The zero-order valence-corrected chi connectivity index (χ0v) is 15.4. The molecule has 136 valence electrons. The molecule has 0 unspecified atom stereocenters. The zero-order valence-electron chi connectivity index (χ0n) is 15.4. The van der Waals surface area contributed by atoms with E-state index in [0.29, 0.717) is 19.6 Å². The molecule has 0 radical (unpaired) electrons. The van der Waals surface area contributed by atoms with Crippen LogP contribution in [-0.4, -0.2) is 29.1 Å². The average molecular weight is 351 g/mol. The lowest BCUT2D eigenvalue weighted by atomic mass is 10.1. The third kappa shape index (κ3) is 4.23. The molecule has 0 atom stereocenters. The highest BCUT2D eigenvalue weighted by Crippen LogP contribution is 2.20. The van der Waals surface area contributed by atoms with Crippen molar-refractivity contribution in [2.24, 2.45) is 0 Å². The van der Waals surface area contributed by atoms with E-state index in [1.807, 2.05) is 18.2 Å². The van der Waals surface area contributed by atoms with E-state index in [4.69, 9.17) is 9.72 Å². The van der Waals surface area contributed by atoms with Gasteiger partial charge in [0.1, 0.15) is 11.6 Å². The van der Waals surface area contributed by atoms with E-state index in [9.17, 15) is 4.79 Å². The van der Waals surface area contributed by atoms with Crippen molar-refractivity contribution < 1.29 is 9.53 Å². The Morgan fingerprint density at radius 3 is 2.88 bits per heavy atom. The molecule has 1 amide bonds. The lowest BCUT2D eigenvalue weighted by molar-refractivity contribution is -0.109. The normalized spacial score (nSPS) is 10.8. The average Bonchev–Trinajstić information content (AvgIpc) is 2.99. The Bertz CT molecular complexity index is 886. The first-order valence-electron chi connectivity index (χ1n) is 9.00. The predicted molar refractivity (Wildman–Crippen MR) is 104 cm³/mol. The minimum absolute atomic E-state index is 0.589. The number of nitrogens with one attached hydrogen (secondary N) is 1. The Balaban J connectivity index is 1.66. The molecule has 0 aliphatic rings. The fraction of sp³-hybridized carbons (Fsp3) is 0.333. The molecule has 1 N–H and O–H groups in total. The van der Waals surface area contributed by atoms with Crippen LogP contribution in [0.5, 0.6) is 5.75 Å². The largest absolute Gasteiger partial charge is 0.493 e. The molecular formula is C21H25N3O2. The number of para-hydroxylation sites is 2. The molecule has 0 spiro atoms. The Kier molecular flexibility index (Phi) is 5.89. The Morgan fingerprint density at radius 1 is 1.19 bits per heavy atom. The Hall–Kier alpha value is -2.82. The summed E-state index contributed by atoms with van der Waals surface area (Å²) in [6.07, 6.45) is 2.33. The van der Waals surface area contributed by atoms with Crippen molar-refractivity contribution in [3.05, 3.63) is 59.4 Å². The second kappa shape index (κ2) is 8.52. The first kappa shape index (κ1) is 18.0. The van der Waals surface area contributed by atoms with Crippen molar-refractivity contribution in [2.75, 3.05) is 13.2 Å². The molecule has 3 rings (SSSR count). The number of fused-ring (bicyclic) bond motifs is 1. The molecule has 5 nitrogen and oxygen atoms in total. The lowest BCUT2D eigenvalue weighted by Gasteiger charge is -2.12. The van der Waals surface area contributed by atoms with Gasteiger partial charge in [-0.15, -0.1) is 0 Å². The fourth-order valence-corrected chi connectivity index (χ4v) is 3.08. The van der Waals surface area contributed by atoms with Gasteiger partial charge in [0.15, 0.2) is 0 Å². The molecule has 0 aliphatic carbocycles. The second-order valence-electron chi connectivity index (χ2n) is 6.46. The van der Waals surface area contributed by atoms with Crippen LogP contribution in [0, 0.1) is 13.8 Å². The molecule has 2 aromatic carbocycles. The highest BCUT2D eigenvalue weighted by atomic mass is 16.5. The topological polar surface area (TPSA) is 56.1 Å². The van der Waals surface area contributed by atoms with Crippen LogP contribution in [0.1, 0.15) is 23.4 Å². The number of hydrogen-bond acceptors (Lipinski definition) is 3. The maximum atomic E-state index is 10.5. The number of carbonyl (C=O) groups excluding carboxylic acids is 1. The summed E-state index contributed by atoms with van der Waals surface area (Å²) in [5.74, 6) is 1.95. The molecule has 3 aromatic rings. The van der Waals surface area contributed by atoms with Crippen molar-refractivity contribution in [1.82, 2.24) is 14.9 Å². The highest BCUT2D eigenvalue weighted by Gasteiger charge is 2.10. The molecule has 0 aliphatic heterocycles. The summed E-state index contributed by atoms with van der Waals surface area (Å²) in [6.45, 7) is 6.22. The molecule has 26 heavy (non-hydrogen) atoms. The van der Waals surface area contributed by atoms with Crippen LogP contribution in [0.2, 0.25) is 0 Å². The first-order valence-corrected chi connectivity index (χ1v) is 9.00. The predicted octanol–water partition coefficient (Wildman–Crippen LogP) is 3.41. The van der Waals surface area contributed by atoms with Crippen molar-refractivity contribution in [2.45, 2.75) is 33.2 Å². The van der Waals surface area contributed by atoms with Gasteiger partial charge >= 0.3 is 0 Å². The summed E-state index contributed by atoms with van der Waals surface area (Å²) < 4.78 is 8.20. The number of carbonyl (C=O) groups is 1. The molecule has 0 fully saturated rings. The number of ether oxygens (including phenoxy) is 1. The van der Waals surface area contributed by atoms with E-state index >= 15 is 0 Å². The van der Waals surface area contributed by atoms with Crippen molar-refractivity contribution >= 4 is 17.4 Å². The van der Waals surface area contributed by atoms with Gasteiger partial charge in [0.05, 0.1) is 17.6 Å². The molecular weight excluding hydrogens is 326 g/mol. The van der Waals surface area contributed by atoms with Gasteiger partial charge in [-0.1, -0.05) is 24.3 Å². The standard InChI is InChI=1S/C21H25N3O2/c1-16-8-9-17(2)20(14-16)26-13-5-12-24-19-7-4-3-6-18(19)23-21(24)10-11-22-15-25/h3-4,6-9,14-15H,5,10-13H2,1-2H3,(H,22,25). The second-order valence-corrected chi connectivity index (χ2v) is 6.46. The number of amides is 1. The first-order chi connectivity index (χ1) is 12.7. The summed E-state index contributed by atoms with van der Waals surface area (Å²) >= 11 is 0. The van der Waals surface area contributed by atoms with E-state index in [1.165, 1.54) is 5.56 Å². The maximum Gasteiger partial charge on any atom is 0.207 e. The third-order valence-electron chi connectivity index (χ3n) is 4.44. The van der Waals surface area contributed by atoms with Gasteiger partial charge in [-0.2, -0.15) is 0 Å². The van der Waals surface area contributed by atoms with Gasteiger partial charge in [0.25, 0.3) is 0 Å². The molecule has 1 aromatic heterocycles. The van der Waals surface area contributed by atoms with Crippen LogP contribution in [-0.2, 0) is 17.8 Å². The molecule has 0 saturated heterocycles. The third-order valence-corrected chi connectivity index (χ3v) is 4.44. The fourth-order valence-electron chi connectivity index (χ4n) is 3.08. The molecule has 5 heteroatoms. The van der Waals surface area contributed by atoms with Crippen LogP contribution >= 0.6 is 0 Å². The number of aryl methyl sites for hydroxylation is 3. The number of nitrogens with zero attached hydrogens (tertiary/aromatic N) is 2.